The van der Waals surface area contributed by atoms with Crippen molar-refractivity contribution in [1.29, 1.82) is 0 Å². The summed E-state index contributed by atoms with van der Waals surface area (Å²) in [6.45, 7) is 6.60. The maximum Gasteiger partial charge on any atom is 0.407 e. The lowest BCUT2D eigenvalue weighted by molar-refractivity contribution is 0.0527. The topological polar surface area (TPSA) is 70.6 Å². The molecule has 0 fully saturated rings. The number of hydrogen-bond donors (Lipinski definition) is 3. The van der Waals surface area contributed by atoms with Gasteiger partial charge in [0.1, 0.15) is 5.60 Å². The molecule has 3 N–H and O–H groups in total. The van der Waals surface area contributed by atoms with Gasteiger partial charge < -0.3 is 20.5 Å². The van der Waals surface area contributed by atoms with Gasteiger partial charge in [0.25, 0.3) is 0 Å². The van der Waals surface area contributed by atoms with Gasteiger partial charge in [0.15, 0.2) is 17.4 Å². The molecule has 0 atom stereocenters. The van der Waals surface area contributed by atoms with Crippen molar-refractivity contribution in [2.24, 2.45) is 0 Å². The summed E-state index contributed by atoms with van der Waals surface area (Å²) in [7, 11) is 0. The molecule has 0 saturated heterocycles. The van der Waals surface area contributed by atoms with Crippen LogP contribution in [0.2, 0.25) is 0 Å². The molecule has 1 aromatic rings. The second-order valence-corrected chi connectivity index (χ2v) is 5.87. The molecule has 5 nitrogen and oxygen atoms in total. The molecule has 0 bridgehead atoms. The van der Waals surface area contributed by atoms with E-state index in [1.54, 1.807) is 20.8 Å². The van der Waals surface area contributed by atoms with Crippen LogP contribution in [0, 0.1) is 11.6 Å². The monoisotopic (exact) mass is 316 g/mol. The average molecular weight is 316 g/mol. The third-order valence-electron chi connectivity index (χ3n) is 2.60. The number of alkyl carbamates (subject to hydrolysis) is 1. The fourth-order valence-corrected chi connectivity index (χ4v) is 1.67. The Morgan fingerprint density at radius 1 is 1.23 bits per heavy atom. The zero-order valence-electron chi connectivity index (χ0n) is 13.0. The third-order valence-corrected chi connectivity index (χ3v) is 2.60. The van der Waals surface area contributed by atoms with Crippen LogP contribution in [0.5, 0.6) is 5.75 Å². The first kappa shape index (κ1) is 18.2. The number of phenols is 1. The molecular formula is C15H22F2N2O3. The molecule has 0 aliphatic rings. The Kier molecular flexibility index (Phi) is 6.55. The summed E-state index contributed by atoms with van der Waals surface area (Å²) in [6, 6.07) is 2.15. The molecule has 124 valence electrons. The zero-order valence-corrected chi connectivity index (χ0v) is 13.0. The maximum absolute atomic E-state index is 13.1. The van der Waals surface area contributed by atoms with Gasteiger partial charge in [0.2, 0.25) is 0 Å². The lowest BCUT2D eigenvalue weighted by Gasteiger charge is -2.19. The molecular weight excluding hydrogens is 294 g/mol. The van der Waals surface area contributed by atoms with Gasteiger partial charge in [-0.25, -0.2) is 13.6 Å². The smallest absolute Gasteiger partial charge is 0.407 e. The standard InChI is InChI=1S/C15H22F2N2O3/c1-15(2,3)22-14(21)19-6-4-5-18-9-10-7-11(16)13(20)12(17)8-10/h7-8,18,20H,4-6,9H2,1-3H3,(H,19,21). The Bertz CT molecular complexity index is 493. The number of hydrogen-bond acceptors (Lipinski definition) is 4. The number of halogens is 2. The van der Waals surface area contributed by atoms with Crippen molar-refractivity contribution < 1.29 is 23.4 Å². The van der Waals surface area contributed by atoms with Crippen LogP contribution in [-0.4, -0.2) is 29.9 Å². The number of ether oxygens (including phenoxy) is 1. The van der Waals surface area contributed by atoms with E-state index in [0.717, 1.165) is 12.1 Å². The van der Waals surface area contributed by atoms with Gasteiger partial charge in [0.05, 0.1) is 0 Å². The normalized spacial score (nSPS) is 11.3. The van der Waals surface area contributed by atoms with Crippen LogP contribution in [-0.2, 0) is 11.3 Å². The molecule has 0 radical (unpaired) electrons. The molecule has 0 aromatic heterocycles. The fourth-order valence-electron chi connectivity index (χ4n) is 1.67. The number of phenolic OH excluding ortho intramolecular Hbond substituents is 1. The minimum atomic E-state index is -0.983. The Morgan fingerprint density at radius 3 is 2.36 bits per heavy atom. The van der Waals surface area contributed by atoms with E-state index in [0.29, 0.717) is 25.1 Å². The highest BCUT2D eigenvalue weighted by atomic mass is 19.1. The first-order chi connectivity index (χ1) is 10.2. The van der Waals surface area contributed by atoms with Crippen LogP contribution in [0.3, 0.4) is 0 Å². The van der Waals surface area contributed by atoms with Crippen LogP contribution in [0.1, 0.15) is 32.8 Å². The molecule has 7 heteroatoms. The minimum Gasteiger partial charge on any atom is -0.503 e. The number of carbonyl (C=O) groups excluding carboxylic acids is 1. The van der Waals surface area contributed by atoms with Crippen molar-refractivity contribution in [3.8, 4) is 5.75 Å². The summed E-state index contributed by atoms with van der Waals surface area (Å²) in [5.41, 5.74) is -0.136. The summed E-state index contributed by atoms with van der Waals surface area (Å²) >= 11 is 0. The fraction of sp³-hybridized carbons (Fsp3) is 0.533. The summed E-state index contributed by atoms with van der Waals surface area (Å²) in [4.78, 5) is 11.4. The van der Waals surface area contributed by atoms with Crippen LogP contribution < -0.4 is 10.6 Å². The molecule has 0 heterocycles. The summed E-state index contributed by atoms with van der Waals surface area (Å²) in [5.74, 6) is -2.93. The van der Waals surface area contributed by atoms with Crippen LogP contribution in [0.25, 0.3) is 0 Å². The van der Waals surface area contributed by atoms with E-state index in [9.17, 15) is 13.6 Å². The van der Waals surface area contributed by atoms with Crippen molar-refractivity contribution >= 4 is 6.09 Å². The lowest BCUT2D eigenvalue weighted by atomic mass is 10.2. The van der Waals surface area contributed by atoms with E-state index in [1.165, 1.54) is 0 Å². The third kappa shape index (κ3) is 6.71. The van der Waals surface area contributed by atoms with Crippen LogP contribution in [0.15, 0.2) is 12.1 Å². The molecule has 0 aliphatic carbocycles. The molecule has 1 aromatic carbocycles. The predicted octanol–water partition coefficient (Wildman–Crippen LogP) is 2.67. The number of benzene rings is 1. The van der Waals surface area contributed by atoms with E-state index in [2.05, 4.69) is 10.6 Å². The van der Waals surface area contributed by atoms with Crippen LogP contribution in [0.4, 0.5) is 13.6 Å². The predicted molar refractivity (Wildman–Crippen MR) is 78.6 cm³/mol. The van der Waals surface area contributed by atoms with Crippen molar-refractivity contribution in [2.75, 3.05) is 13.1 Å². The van der Waals surface area contributed by atoms with Gasteiger partial charge in [0, 0.05) is 13.1 Å². The van der Waals surface area contributed by atoms with Crippen molar-refractivity contribution in [3.63, 3.8) is 0 Å². The maximum atomic E-state index is 13.1. The number of rotatable bonds is 6. The SMILES string of the molecule is CC(C)(C)OC(=O)NCCCNCc1cc(F)c(O)c(F)c1. The number of aromatic hydroxyl groups is 1. The van der Waals surface area contributed by atoms with E-state index >= 15 is 0 Å². The van der Waals surface area contributed by atoms with Gasteiger partial charge in [-0.15, -0.1) is 0 Å². The lowest BCUT2D eigenvalue weighted by Crippen LogP contribution is -2.33. The Hall–Kier alpha value is -1.89. The van der Waals surface area contributed by atoms with E-state index in [1.807, 2.05) is 0 Å². The zero-order chi connectivity index (χ0) is 16.8. The van der Waals surface area contributed by atoms with Gasteiger partial charge in [-0.3, -0.25) is 0 Å². The summed E-state index contributed by atoms with van der Waals surface area (Å²) in [5, 5.41) is 14.6. The number of amides is 1. The number of nitrogens with one attached hydrogen (secondary N) is 2. The highest BCUT2D eigenvalue weighted by Crippen LogP contribution is 2.21. The van der Waals surface area contributed by atoms with E-state index in [4.69, 9.17) is 9.84 Å². The first-order valence-electron chi connectivity index (χ1n) is 7.03. The quantitative estimate of drug-likeness (QED) is 0.706. The Balaban J connectivity index is 2.20. The molecule has 22 heavy (non-hydrogen) atoms. The van der Waals surface area contributed by atoms with Gasteiger partial charge in [-0.2, -0.15) is 0 Å². The average Bonchev–Trinajstić information content (AvgIpc) is 2.37. The van der Waals surface area contributed by atoms with E-state index in [-0.39, 0.29) is 6.54 Å². The van der Waals surface area contributed by atoms with Crippen LogP contribution >= 0.6 is 0 Å². The highest BCUT2D eigenvalue weighted by Gasteiger charge is 2.15. The van der Waals surface area contributed by atoms with Gasteiger partial charge in [-0.05, 0) is 51.4 Å². The second kappa shape index (κ2) is 7.93. The molecule has 0 aliphatic heterocycles. The minimum absolute atomic E-state index is 0.264. The van der Waals surface area contributed by atoms with Crippen molar-refractivity contribution in [1.82, 2.24) is 10.6 Å². The van der Waals surface area contributed by atoms with Gasteiger partial charge in [-0.1, -0.05) is 0 Å². The first-order valence-corrected chi connectivity index (χ1v) is 7.03. The highest BCUT2D eigenvalue weighted by molar-refractivity contribution is 5.67. The van der Waals surface area contributed by atoms with Crippen molar-refractivity contribution in [2.45, 2.75) is 39.3 Å². The second-order valence-electron chi connectivity index (χ2n) is 5.87. The Labute approximate surface area is 128 Å². The molecule has 1 amide bonds. The summed E-state index contributed by atoms with van der Waals surface area (Å²) < 4.78 is 31.3. The molecule has 0 saturated carbocycles. The largest absolute Gasteiger partial charge is 0.503 e. The van der Waals surface area contributed by atoms with Crippen molar-refractivity contribution in [3.05, 3.63) is 29.3 Å². The number of carbonyl (C=O) groups is 1. The summed E-state index contributed by atoms with van der Waals surface area (Å²) in [6.07, 6.45) is 0.164. The van der Waals surface area contributed by atoms with Gasteiger partial charge >= 0.3 is 6.09 Å². The molecule has 0 spiro atoms. The van der Waals surface area contributed by atoms with E-state index < -0.39 is 29.1 Å². The molecule has 1 rings (SSSR count). The molecule has 0 unspecified atom stereocenters. The Morgan fingerprint density at radius 2 is 1.82 bits per heavy atom.